The molecule has 1 aliphatic rings. The van der Waals surface area contributed by atoms with Crippen LogP contribution in [0.5, 0.6) is 5.75 Å². The van der Waals surface area contributed by atoms with E-state index in [1.165, 1.54) is 0 Å². The van der Waals surface area contributed by atoms with Crippen LogP contribution in [0.4, 0.5) is 5.69 Å². The summed E-state index contributed by atoms with van der Waals surface area (Å²) in [5.74, 6) is 0.0234. The molecule has 0 saturated heterocycles. The molecular weight excluding hydrogens is 513 g/mol. The summed E-state index contributed by atoms with van der Waals surface area (Å²) in [4.78, 5) is 12.1. The minimum absolute atomic E-state index is 0.118. The average Bonchev–Trinajstić information content (AvgIpc) is 2.72. The van der Waals surface area contributed by atoms with Gasteiger partial charge < -0.3 is 10.4 Å². The maximum absolute atomic E-state index is 12.1. The number of fused-ring (bicyclic) bond motifs is 1. The van der Waals surface area contributed by atoms with Gasteiger partial charge in [0, 0.05) is 20.4 Å². The molecule has 1 aliphatic heterocycles. The van der Waals surface area contributed by atoms with Crippen LogP contribution in [0.1, 0.15) is 11.1 Å². The topological polar surface area (TPSA) is 49.3 Å². The van der Waals surface area contributed by atoms with E-state index >= 15 is 0 Å². The maximum atomic E-state index is 12.1. The molecule has 0 aliphatic carbocycles. The first-order chi connectivity index (χ1) is 9.95. The van der Waals surface area contributed by atoms with E-state index in [1.807, 2.05) is 24.3 Å². The summed E-state index contributed by atoms with van der Waals surface area (Å²) in [6, 6.07) is 9.37. The number of phenolic OH excluding ortho intramolecular Hbond substituents is 1. The van der Waals surface area contributed by atoms with Gasteiger partial charge in [0.25, 0.3) is 5.91 Å². The number of aromatic hydroxyl groups is 1. The minimum Gasteiger partial charge on any atom is -0.506 e. The summed E-state index contributed by atoms with van der Waals surface area (Å²) >= 11 is 8.81. The lowest BCUT2D eigenvalue weighted by Gasteiger charge is -2.04. The lowest BCUT2D eigenvalue weighted by atomic mass is 10.0. The summed E-state index contributed by atoms with van der Waals surface area (Å²) in [6.45, 7) is 0. The zero-order chi connectivity index (χ0) is 15.1. The first-order valence-corrected chi connectivity index (χ1v) is 8.63. The first-order valence-electron chi connectivity index (χ1n) is 5.96. The number of phenols is 1. The molecule has 21 heavy (non-hydrogen) atoms. The third kappa shape index (κ3) is 2.89. The van der Waals surface area contributed by atoms with Crippen molar-refractivity contribution in [3.05, 3.63) is 54.0 Å². The van der Waals surface area contributed by atoms with Gasteiger partial charge in [0.1, 0.15) is 5.75 Å². The molecular formula is C15H8Br2INO2. The Morgan fingerprint density at radius 2 is 1.81 bits per heavy atom. The number of hydrogen-bond acceptors (Lipinski definition) is 2. The molecule has 0 spiro atoms. The molecule has 0 unspecified atom stereocenters. The number of amides is 1. The second kappa shape index (κ2) is 5.73. The summed E-state index contributed by atoms with van der Waals surface area (Å²) in [5, 5.41) is 12.6. The predicted molar refractivity (Wildman–Crippen MR) is 99.2 cm³/mol. The van der Waals surface area contributed by atoms with Crippen LogP contribution in [0, 0.1) is 3.57 Å². The molecule has 0 radical (unpaired) electrons. The predicted octanol–water partition coefficient (Wildman–Crippen LogP) is 5.01. The monoisotopic (exact) mass is 519 g/mol. The van der Waals surface area contributed by atoms with Crippen LogP contribution in [0.3, 0.4) is 0 Å². The van der Waals surface area contributed by atoms with Crippen LogP contribution in [-0.4, -0.2) is 11.0 Å². The number of rotatable bonds is 1. The van der Waals surface area contributed by atoms with Gasteiger partial charge in [-0.3, -0.25) is 4.79 Å². The molecule has 2 aromatic rings. The van der Waals surface area contributed by atoms with Gasteiger partial charge in [0.2, 0.25) is 0 Å². The summed E-state index contributed by atoms with van der Waals surface area (Å²) < 4.78 is 2.22. The summed E-state index contributed by atoms with van der Waals surface area (Å²) in [7, 11) is 0. The van der Waals surface area contributed by atoms with Crippen molar-refractivity contribution >= 4 is 77.7 Å². The van der Waals surface area contributed by atoms with Gasteiger partial charge in [0.15, 0.2) is 0 Å². The van der Waals surface area contributed by atoms with Crippen molar-refractivity contribution in [3.8, 4) is 5.75 Å². The summed E-state index contributed by atoms with van der Waals surface area (Å²) in [6.07, 6.45) is 1.81. The van der Waals surface area contributed by atoms with Crippen molar-refractivity contribution in [1.82, 2.24) is 0 Å². The zero-order valence-electron chi connectivity index (χ0n) is 10.5. The molecule has 106 valence electrons. The Labute approximate surface area is 151 Å². The number of hydrogen-bond donors (Lipinski definition) is 2. The highest BCUT2D eigenvalue weighted by Crippen LogP contribution is 2.37. The molecule has 1 amide bonds. The number of carbonyl (C=O) groups is 1. The smallest absolute Gasteiger partial charge is 0.256 e. The van der Waals surface area contributed by atoms with E-state index in [0.717, 1.165) is 20.4 Å². The van der Waals surface area contributed by atoms with E-state index in [0.29, 0.717) is 14.5 Å². The van der Waals surface area contributed by atoms with E-state index in [4.69, 9.17) is 0 Å². The van der Waals surface area contributed by atoms with Crippen LogP contribution in [0.2, 0.25) is 0 Å². The van der Waals surface area contributed by atoms with Gasteiger partial charge >= 0.3 is 0 Å². The Hall–Kier alpha value is -0.860. The van der Waals surface area contributed by atoms with Crippen LogP contribution >= 0.6 is 54.5 Å². The van der Waals surface area contributed by atoms with Gasteiger partial charge in [-0.05, 0) is 96.4 Å². The molecule has 0 saturated carbocycles. The number of halogens is 3. The number of anilines is 1. The van der Waals surface area contributed by atoms with Crippen LogP contribution in [0.25, 0.3) is 11.6 Å². The second-order valence-corrected chi connectivity index (χ2v) is 7.49. The van der Waals surface area contributed by atoms with Crippen molar-refractivity contribution in [1.29, 1.82) is 0 Å². The van der Waals surface area contributed by atoms with E-state index in [2.05, 4.69) is 59.8 Å². The zero-order valence-corrected chi connectivity index (χ0v) is 15.8. The van der Waals surface area contributed by atoms with Gasteiger partial charge in [-0.2, -0.15) is 0 Å². The van der Waals surface area contributed by atoms with Crippen molar-refractivity contribution in [2.45, 2.75) is 0 Å². The van der Waals surface area contributed by atoms with Crippen LogP contribution in [-0.2, 0) is 4.79 Å². The van der Waals surface area contributed by atoms with Crippen LogP contribution in [0.15, 0.2) is 39.3 Å². The fourth-order valence-corrected chi connectivity index (χ4v) is 3.85. The summed E-state index contributed by atoms with van der Waals surface area (Å²) in [5.41, 5.74) is 3.16. The average molecular weight is 521 g/mol. The number of benzene rings is 2. The first kappa shape index (κ1) is 15.1. The van der Waals surface area contributed by atoms with Crippen molar-refractivity contribution in [3.63, 3.8) is 0 Å². The number of nitrogens with one attached hydrogen (secondary N) is 1. The Kier molecular flexibility index (Phi) is 4.11. The molecule has 3 nitrogen and oxygen atoms in total. The Balaban J connectivity index is 2.13. The maximum Gasteiger partial charge on any atom is 0.256 e. The van der Waals surface area contributed by atoms with Crippen molar-refractivity contribution < 1.29 is 9.90 Å². The highest BCUT2D eigenvalue weighted by Gasteiger charge is 2.24. The number of carbonyl (C=O) groups excluding carboxylic acids is 1. The highest BCUT2D eigenvalue weighted by molar-refractivity contribution is 14.1. The van der Waals surface area contributed by atoms with E-state index in [-0.39, 0.29) is 11.7 Å². The third-order valence-electron chi connectivity index (χ3n) is 3.11. The van der Waals surface area contributed by atoms with E-state index in [1.54, 1.807) is 12.1 Å². The standard InChI is InChI=1S/C15H8Br2INO2/c16-11-4-7(5-12(17)14(11)20)3-10-9-6-8(18)1-2-13(9)19-15(10)21/h1-6,20H,(H,19,21)/b10-3+. The molecule has 0 fully saturated rings. The quantitative estimate of drug-likeness (QED) is 0.410. The molecule has 0 atom stereocenters. The normalized spacial score (nSPS) is 15.2. The molecule has 6 heteroatoms. The Bertz CT molecular complexity index is 779. The van der Waals surface area contributed by atoms with Crippen molar-refractivity contribution in [2.24, 2.45) is 0 Å². The molecule has 0 aromatic heterocycles. The largest absolute Gasteiger partial charge is 0.506 e. The Morgan fingerprint density at radius 1 is 1.14 bits per heavy atom. The van der Waals surface area contributed by atoms with Crippen molar-refractivity contribution in [2.75, 3.05) is 5.32 Å². The Morgan fingerprint density at radius 3 is 2.48 bits per heavy atom. The molecule has 2 aromatic carbocycles. The molecule has 3 rings (SSSR count). The highest BCUT2D eigenvalue weighted by atomic mass is 127. The fourth-order valence-electron chi connectivity index (χ4n) is 2.14. The van der Waals surface area contributed by atoms with E-state index in [9.17, 15) is 9.90 Å². The SMILES string of the molecule is O=C1Nc2ccc(I)cc2/C1=C\c1cc(Br)c(O)c(Br)c1. The lowest BCUT2D eigenvalue weighted by molar-refractivity contribution is -0.110. The molecule has 2 N–H and O–H groups in total. The van der Waals surface area contributed by atoms with E-state index < -0.39 is 0 Å². The fraction of sp³-hybridized carbons (Fsp3) is 0. The van der Waals surface area contributed by atoms with Gasteiger partial charge in [-0.25, -0.2) is 0 Å². The molecule has 0 bridgehead atoms. The van der Waals surface area contributed by atoms with Crippen LogP contribution < -0.4 is 5.32 Å². The molecule has 1 heterocycles. The van der Waals surface area contributed by atoms with Gasteiger partial charge in [-0.15, -0.1) is 0 Å². The third-order valence-corrected chi connectivity index (χ3v) is 4.99. The van der Waals surface area contributed by atoms with Gasteiger partial charge in [-0.1, -0.05) is 0 Å². The minimum atomic E-state index is -0.118. The lowest BCUT2D eigenvalue weighted by Crippen LogP contribution is -2.03. The second-order valence-electron chi connectivity index (χ2n) is 4.54. The van der Waals surface area contributed by atoms with Gasteiger partial charge in [0.05, 0.1) is 8.95 Å².